The highest BCUT2D eigenvalue weighted by atomic mass is 32.2. The molecule has 1 aromatic carbocycles. The van der Waals surface area contributed by atoms with Crippen molar-refractivity contribution in [2.24, 2.45) is 5.14 Å². The summed E-state index contributed by atoms with van der Waals surface area (Å²) in [4.78, 5) is 25.0. The first-order valence-electron chi connectivity index (χ1n) is 8.22. The molecule has 1 amide bonds. The van der Waals surface area contributed by atoms with Crippen LogP contribution in [0.5, 0.6) is 5.75 Å². The number of amides is 1. The number of ether oxygens (including phenoxy) is 1. The van der Waals surface area contributed by atoms with Crippen molar-refractivity contribution in [1.82, 2.24) is 14.9 Å². The third-order valence-corrected chi connectivity index (χ3v) is 5.34. The molecule has 0 radical (unpaired) electrons. The smallest absolute Gasteiger partial charge is 0.258 e. The molecule has 1 aromatic heterocycles. The van der Waals surface area contributed by atoms with Gasteiger partial charge in [-0.3, -0.25) is 4.79 Å². The van der Waals surface area contributed by atoms with Gasteiger partial charge in [-0.2, -0.15) is 0 Å². The van der Waals surface area contributed by atoms with E-state index in [1.54, 1.807) is 4.90 Å². The van der Waals surface area contributed by atoms with Crippen molar-refractivity contribution in [1.29, 1.82) is 0 Å². The summed E-state index contributed by atoms with van der Waals surface area (Å²) >= 11 is 0. The minimum Gasteiger partial charge on any atom is -0.496 e. The normalized spacial score (nSPS) is 13.9. The zero-order chi connectivity index (χ0) is 19.8. The number of nitrogens with zero attached hydrogens (tertiary/aromatic N) is 4. The molecule has 144 valence electrons. The zero-order valence-electron chi connectivity index (χ0n) is 15.3. The van der Waals surface area contributed by atoms with Crippen molar-refractivity contribution in [3.8, 4) is 5.75 Å². The Morgan fingerprint density at radius 1 is 1.30 bits per heavy atom. The fourth-order valence-electron chi connectivity index (χ4n) is 3.10. The summed E-state index contributed by atoms with van der Waals surface area (Å²) < 4.78 is 28.5. The molecule has 2 aromatic rings. The van der Waals surface area contributed by atoms with Gasteiger partial charge in [-0.05, 0) is 24.6 Å². The second kappa shape index (κ2) is 7.12. The molecule has 0 saturated carbocycles. The molecule has 2 heterocycles. The van der Waals surface area contributed by atoms with Crippen LogP contribution in [0.15, 0.2) is 29.4 Å². The topological polar surface area (TPSA) is 119 Å². The predicted octanol–water partition coefficient (Wildman–Crippen LogP) is 0.397. The fraction of sp³-hybridized carbons (Fsp3) is 0.353. The van der Waals surface area contributed by atoms with Gasteiger partial charge in [-0.15, -0.1) is 0 Å². The van der Waals surface area contributed by atoms with Crippen LogP contribution in [0, 0.1) is 0 Å². The number of benzene rings is 1. The Kier molecular flexibility index (Phi) is 5.03. The van der Waals surface area contributed by atoms with Gasteiger partial charge in [0.05, 0.1) is 29.8 Å². The Balaban J connectivity index is 1.95. The molecule has 0 fully saturated rings. The SMILES string of the molecule is COc1ccc(S(N)(=O)=O)cc1C(=O)N1CCc2c(ncnc2N(C)C)C1. The highest BCUT2D eigenvalue weighted by Gasteiger charge is 2.28. The number of carbonyl (C=O) groups is 1. The zero-order valence-corrected chi connectivity index (χ0v) is 16.2. The number of aromatic nitrogens is 2. The van der Waals surface area contributed by atoms with Crippen molar-refractivity contribution >= 4 is 21.7 Å². The van der Waals surface area contributed by atoms with Gasteiger partial charge in [0.2, 0.25) is 10.0 Å². The van der Waals surface area contributed by atoms with E-state index in [-0.39, 0.29) is 22.1 Å². The van der Waals surface area contributed by atoms with Crippen molar-refractivity contribution in [2.75, 3.05) is 32.6 Å². The molecule has 0 atom stereocenters. The molecule has 0 aliphatic carbocycles. The van der Waals surface area contributed by atoms with Crippen LogP contribution in [0.3, 0.4) is 0 Å². The standard InChI is InChI=1S/C17H21N5O4S/c1-21(2)16-12-6-7-22(9-14(12)19-10-20-16)17(23)13-8-11(27(18,24)25)4-5-15(13)26-3/h4-5,8,10H,6-7,9H2,1-3H3,(H2,18,24,25). The third kappa shape index (κ3) is 3.71. The van der Waals surface area contributed by atoms with Crippen molar-refractivity contribution in [2.45, 2.75) is 17.9 Å². The summed E-state index contributed by atoms with van der Waals surface area (Å²) in [6.45, 7) is 0.767. The first-order chi connectivity index (χ1) is 12.7. The monoisotopic (exact) mass is 391 g/mol. The first kappa shape index (κ1) is 19.1. The first-order valence-corrected chi connectivity index (χ1v) is 9.77. The fourth-order valence-corrected chi connectivity index (χ4v) is 3.64. The molecule has 27 heavy (non-hydrogen) atoms. The summed E-state index contributed by atoms with van der Waals surface area (Å²) in [7, 11) is 1.30. The number of nitrogens with two attached hydrogens (primary N) is 1. The highest BCUT2D eigenvalue weighted by molar-refractivity contribution is 7.89. The van der Waals surface area contributed by atoms with Gasteiger partial charge < -0.3 is 14.5 Å². The van der Waals surface area contributed by atoms with Gasteiger partial charge in [0.1, 0.15) is 17.9 Å². The van der Waals surface area contributed by atoms with E-state index in [0.29, 0.717) is 19.5 Å². The van der Waals surface area contributed by atoms with Gasteiger partial charge in [0, 0.05) is 26.2 Å². The number of fused-ring (bicyclic) bond motifs is 1. The van der Waals surface area contributed by atoms with Crippen LogP contribution < -0.4 is 14.8 Å². The van der Waals surface area contributed by atoms with E-state index in [4.69, 9.17) is 9.88 Å². The van der Waals surface area contributed by atoms with Gasteiger partial charge in [0.15, 0.2) is 0 Å². The lowest BCUT2D eigenvalue weighted by Gasteiger charge is -2.30. The van der Waals surface area contributed by atoms with Gasteiger partial charge in [0.25, 0.3) is 5.91 Å². The number of sulfonamides is 1. The number of hydrogen-bond acceptors (Lipinski definition) is 7. The largest absolute Gasteiger partial charge is 0.496 e. The van der Waals surface area contributed by atoms with Crippen LogP contribution >= 0.6 is 0 Å². The lowest BCUT2D eigenvalue weighted by molar-refractivity contribution is 0.0728. The Labute approximate surface area is 157 Å². The van der Waals surface area contributed by atoms with Crippen molar-refractivity contribution in [3.63, 3.8) is 0 Å². The average Bonchev–Trinajstić information content (AvgIpc) is 2.65. The summed E-state index contributed by atoms with van der Waals surface area (Å²) in [5.41, 5.74) is 1.93. The molecule has 0 unspecified atom stereocenters. The quantitative estimate of drug-likeness (QED) is 0.801. The highest BCUT2D eigenvalue weighted by Crippen LogP contribution is 2.28. The maximum Gasteiger partial charge on any atom is 0.258 e. The summed E-state index contributed by atoms with van der Waals surface area (Å²) in [6, 6.07) is 3.99. The van der Waals surface area contributed by atoms with Crippen LogP contribution in [0.2, 0.25) is 0 Å². The van der Waals surface area contributed by atoms with Gasteiger partial charge in [-0.25, -0.2) is 23.5 Å². The molecule has 0 spiro atoms. The van der Waals surface area contributed by atoms with E-state index in [1.165, 1.54) is 31.6 Å². The van der Waals surface area contributed by atoms with Crippen LogP contribution in [-0.4, -0.2) is 56.9 Å². The summed E-state index contributed by atoms with van der Waals surface area (Å²) in [5.74, 6) is 0.781. The van der Waals surface area contributed by atoms with Crippen LogP contribution in [0.25, 0.3) is 0 Å². The van der Waals surface area contributed by atoms with Gasteiger partial charge in [-0.1, -0.05) is 0 Å². The molecule has 0 saturated heterocycles. The van der Waals surface area contributed by atoms with E-state index in [9.17, 15) is 13.2 Å². The molecule has 3 rings (SSSR count). The summed E-state index contributed by atoms with van der Waals surface area (Å²) in [5, 5.41) is 5.19. The second-order valence-corrected chi connectivity index (χ2v) is 7.96. The van der Waals surface area contributed by atoms with Gasteiger partial charge >= 0.3 is 0 Å². The van der Waals surface area contributed by atoms with Crippen molar-refractivity contribution in [3.05, 3.63) is 41.3 Å². The lowest BCUT2D eigenvalue weighted by Crippen LogP contribution is -2.37. The predicted molar refractivity (Wildman–Crippen MR) is 99.2 cm³/mol. The van der Waals surface area contributed by atoms with E-state index in [2.05, 4.69) is 9.97 Å². The maximum atomic E-state index is 13.0. The Bertz CT molecular complexity index is 991. The average molecular weight is 391 g/mol. The number of primary sulfonamides is 1. The lowest BCUT2D eigenvalue weighted by atomic mass is 10.0. The van der Waals surface area contributed by atoms with Crippen LogP contribution in [0.1, 0.15) is 21.6 Å². The van der Waals surface area contributed by atoms with E-state index >= 15 is 0 Å². The number of anilines is 1. The molecule has 2 N–H and O–H groups in total. The molecule has 0 bridgehead atoms. The Morgan fingerprint density at radius 2 is 2.04 bits per heavy atom. The number of methoxy groups -OCH3 is 1. The molecule has 1 aliphatic heterocycles. The molecule has 1 aliphatic rings. The summed E-state index contributed by atoms with van der Waals surface area (Å²) in [6.07, 6.45) is 2.08. The number of rotatable bonds is 4. The molecular formula is C17H21N5O4S. The Hall–Kier alpha value is -2.72. The van der Waals surface area contributed by atoms with Crippen LogP contribution in [-0.2, 0) is 23.0 Å². The van der Waals surface area contributed by atoms with E-state index in [1.807, 2.05) is 19.0 Å². The number of hydrogen-bond donors (Lipinski definition) is 1. The molecule has 9 nitrogen and oxygen atoms in total. The van der Waals surface area contributed by atoms with E-state index in [0.717, 1.165) is 17.1 Å². The second-order valence-electron chi connectivity index (χ2n) is 6.40. The molecular weight excluding hydrogens is 370 g/mol. The van der Waals surface area contributed by atoms with E-state index < -0.39 is 10.0 Å². The minimum atomic E-state index is -3.93. The molecule has 10 heteroatoms. The third-order valence-electron chi connectivity index (χ3n) is 4.42. The van der Waals surface area contributed by atoms with Crippen molar-refractivity contribution < 1.29 is 17.9 Å². The minimum absolute atomic E-state index is 0.138. The maximum absolute atomic E-state index is 13.0. The Morgan fingerprint density at radius 3 is 2.67 bits per heavy atom. The van der Waals surface area contributed by atoms with Crippen LogP contribution in [0.4, 0.5) is 5.82 Å². The number of carbonyl (C=O) groups excluding carboxylic acids is 1.